The standard InChI is InChI=1S/C16H19N5O/c1-13(22)20-7-9-21(10-8-20)16-11-15(17-12-18-16)19-14-5-3-2-4-6-14/h2-6,11-12H,7-10H2,1H3,(H,17,18,19). The zero-order valence-corrected chi connectivity index (χ0v) is 12.6. The van der Waals surface area contributed by atoms with Crippen LogP contribution in [0.2, 0.25) is 0 Å². The average Bonchev–Trinajstić information content (AvgIpc) is 2.56. The van der Waals surface area contributed by atoms with Gasteiger partial charge in [-0.05, 0) is 12.1 Å². The number of aromatic nitrogens is 2. The van der Waals surface area contributed by atoms with Crippen molar-refractivity contribution in [3.63, 3.8) is 0 Å². The van der Waals surface area contributed by atoms with E-state index in [1.54, 1.807) is 13.3 Å². The van der Waals surface area contributed by atoms with Crippen LogP contribution in [-0.2, 0) is 4.79 Å². The molecule has 6 nitrogen and oxygen atoms in total. The van der Waals surface area contributed by atoms with Crippen LogP contribution in [0.4, 0.5) is 17.3 Å². The first kappa shape index (κ1) is 14.3. The molecule has 1 amide bonds. The van der Waals surface area contributed by atoms with Gasteiger partial charge >= 0.3 is 0 Å². The van der Waals surface area contributed by atoms with E-state index in [1.165, 1.54) is 0 Å². The zero-order valence-electron chi connectivity index (χ0n) is 12.6. The smallest absolute Gasteiger partial charge is 0.219 e. The predicted molar refractivity (Wildman–Crippen MR) is 86.2 cm³/mol. The van der Waals surface area contributed by atoms with Gasteiger partial charge in [0.1, 0.15) is 18.0 Å². The van der Waals surface area contributed by atoms with Crippen molar-refractivity contribution in [1.29, 1.82) is 0 Å². The topological polar surface area (TPSA) is 61.4 Å². The second-order valence-corrected chi connectivity index (χ2v) is 5.25. The number of para-hydroxylation sites is 1. The first-order chi connectivity index (χ1) is 10.7. The molecule has 1 aromatic carbocycles. The minimum Gasteiger partial charge on any atom is -0.353 e. The van der Waals surface area contributed by atoms with E-state index in [4.69, 9.17) is 0 Å². The maximum atomic E-state index is 11.4. The Morgan fingerprint density at radius 3 is 2.50 bits per heavy atom. The number of benzene rings is 1. The molecule has 0 bridgehead atoms. The summed E-state index contributed by atoms with van der Waals surface area (Å²) in [5, 5.41) is 3.27. The van der Waals surface area contributed by atoms with Gasteiger partial charge in [0.05, 0.1) is 0 Å². The summed E-state index contributed by atoms with van der Waals surface area (Å²) in [7, 11) is 0. The van der Waals surface area contributed by atoms with Crippen LogP contribution < -0.4 is 10.2 Å². The summed E-state index contributed by atoms with van der Waals surface area (Å²) in [4.78, 5) is 24.0. The predicted octanol–water partition coefficient (Wildman–Crippen LogP) is 1.89. The molecule has 1 N–H and O–H groups in total. The highest BCUT2D eigenvalue weighted by atomic mass is 16.2. The Labute approximate surface area is 129 Å². The Hall–Kier alpha value is -2.63. The van der Waals surface area contributed by atoms with Gasteiger partial charge in [-0.1, -0.05) is 18.2 Å². The number of piperazine rings is 1. The molecule has 1 aliphatic heterocycles. The van der Waals surface area contributed by atoms with E-state index < -0.39 is 0 Å². The number of hydrogen-bond donors (Lipinski definition) is 1. The minimum absolute atomic E-state index is 0.133. The Balaban J connectivity index is 1.68. The summed E-state index contributed by atoms with van der Waals surface area (Å²) in [6, 6.07) is 11.9. The fourth-order valence-electron chi connectivity index (χ4n) is 2.51. The first-order valence-electron chi connectivity index (χ1n) is 7.37. The molecular formula is C16H19N5O. The first-order valence-corrected chi connectivity index (χ1v) is 7.37. The molecule has 1 saturated heterocycles. The number of nitrogens with one attached hydrogen (secondary N) is 1. The Morgan fingerprint density at radius 2 is 1.82 bits per heavy atom. The van der Waals surface area contributed by atoms with Crippen LogP contribution in [0, 0.1) is 0 Å². The number of rotatable bonds is 3. The molecule has 0 unspecified atom stereocenters. The number of nitrogens with zero attached hydrogens (tertiary/aromatic N) is 4. The van der Waals surface area contributed by atoms with Crippen molar-refractivity contribution in [3.8, 4) is 0 Å². The Morgan fingerprint density at radius 1 is 1.09 bits per heavy atom. The lowest BCUT2D eigenvalue weighted by Gasteiger charge is -2.34. The van der Waals surface area contributed by atoms with Gasteiger partial charge in [-0.2, -0.15) is 0 Å². The van der Waals surface area contributed by atoms with Crippen LogP contribution >= 0.6 is 0 Å². The molecule has 1 fully saturated rings. The van der Waals surface area contributed by atoms with Gasteiger partial charge in [-0.25, -0.2) is 9.97 Å². The van der Waals surface area contributed by atoms with Gasteiger partial charge < -0.3 is 15.1 Å². The third-order valence-electron chi connectivity index (χ3n) is 3.75. The molecule has 0 atom stereocenters. The fourth-order valence-corrected chi connectivity index (χ4v) is 2.51. The van der Waals surface area contributed by atoms with Crippen molar-refractivity contribution in [2.45, 2.75) is 6.92 Å². The highest BCUT2D eigenvalue weighted by Crippen LogP contribution is 2.19. The fraction of sp³-hybridized carbons (Fsp3) is 0.312. The monoisotopic (exact) mass is 297 g/mol. The molecule has 0 aliphatic carbocycles. The van der Waals surface area contributed by atoms with Crippen molar-refractivity contribution in [1.82, 2.24) is 14.9 Å². The number of hydrogen-bond acceptors (Lipinski definition) is 5. The lowest BCUT2D eigenvalue weighted by molar-refractivity contribution is -0.129. The summed E-state index contributed by atoms with van der Waals surface area (Å²) in [5.74, 6) is 1.79. The van der Waals surface area contributed by atoms with E-state index in [-0.39, 0.29) is 5.91 Å². The molecule has 22 heavy (non-hydrogen) atoms. The van der Waals surface area contributed by atoms with Crippen molar-refractivity contribution < 1.29 is 4.79 Å². The quantitative estimate of drug-likeness (QED) is 0.937. The molecule has 0 spiro atoms. The zero-order chi connectivity index (χ0) is 15.4. The van der Waals surface area contributed by atoms with Crippen LogP contribution in [0.15, 0.2) is 42.7 Å². The summed E-state index contributed by atoms with van der Waals surface area (Å²) >= 11 is 0. The van der Waals surface area contributed by atoms with Crippen molar-refractivity contribution in [2.24, 2.45) is 0 Å². The summed E-state index contributed by atoms with van der Waals surface area (Å²) < 4.78 is 0. The van der Waals surface area contributed by atoms with E-state index in [0.717, 1.165) is 43.5 Å². The van der Waals surface area contributed by atoms with E-state index in [0.29, 0.717) is 0 Å². The SMILES string of the molecule is CC(=O)N1CCN(c2cc(Nc3ccccc3)ncn2)CC1. The maximum Gasteiger partial charge on any atom is 0.219 e. The Bertz CT molecular complexity index is 638. The van der Waals surface area contributed by atoms with E-state index in [2.05, 4.69) is 20.2 Å². The highest BCUT2D eigenvalue weighted by Gasteiger charge is 2.19. The minimum atomic E-state index is 0.133. The second-order valence-electron chi connectivity index (χ2n) is 5.25. The van der Waals surface area contributed by atoms with Crippen molar-refractivity contribution in [2.75, 3.05) is 36.4 Å². The number of anilines is 3. The van der Waals surface area contributed by atoms with Crippen LogP contribution in [-0.4, -0.2) is 47.0 Å². The van der Waals surface area contributed by atoms with Crippen LogP contribution in [0.1, 0.15) is 6.92 Å². The van der Waals surface area contributed by atoms with Crippen LogP contribution in [0.5, 0.6) is 0 Å². The average molecular weight is 297 g/mol. The van der Waals surface area contributed by atoms with Gasteiger partial charge in [-0.15, -0.1) is 0 Å². The summed E-state index contributed by atoms with van der Waals surface area (Å²) in [5.41, 5.74) is 0.994. The van der Waals surface area contributed by atoms with Crippen molar-refractivity contribution >= 4 is 23.2 Å². The molecule has 6 heteroatoms. The normalized spacial score (nSPS) is 14.8. The molecule has 0 radical (unpaired) electrons. The Kier molecular flexibility index (Phi) is 4.18. The molecule has 1 aliphatic rings. The molecule has 2 aromatic rings. The van der Waals surface area contributed by atoms with Crippen molar-refractivity contribution in [3.05, 3.63) is 42.7 Å². The van der Waals surface area contributed by atoms with E-state index in [9.17, 15) is 4.79 Å². The molecule has 0 saturated carbocycles. The van der Waals surface area contributed by atoms with Crippen LogP contribution in [0.25, 0.3) is 0 Å². The number of carbonyl (C=O) groups excluding carboxylic acids is 1. The van der Waals surface area contributed by atoms with Gasteiger partial charge in [-0.3, -0.25) is 4.79 Å². The summed E-state index contributed by atoms with van der Waals surface area (Å²) in [6.45, 7) is 4.67. The molecular weight excluding hydrogens is 278 g/mol. The lowest BCUT2D eigenvalue weighted by Crippen LogP contribution is -2.48. The third kappa shape index (κ3) is 3.33. The second kappa shape index (κ2) is 6.43. The van der Waals surface area contributed by atoms with Gasteiger partial charge in [0.25, 0.3) is 0 Å². The van der Waals surface area contributed by atoms with Crippen LogP contribution in [0.3, 0.4) is 0 Å². The molecule has 3 rings (SSSR count). The summed E-state index contributed by atoms with van der Waals surface area (Å²) in [6.07, 6.45) is 1.57. The third-order valence-corrected chi connectivity index (χ3v) is 3.75. The lowest BCUT2D eigenvalue weighted by atomic mass is 10.3. The number of amides is 1. The van der Waals surface area contributed by atoms with Gasteiger partial charge in [0.15, 0.2) is 0 Å². The molecule has 114 valence electrons. The van der Waals surface area contributed by atoms with E-state index in [1.807, 2.05) is 41.3 Å². The largest absolute Gasteiger partial charge is 0.353 e. The maximum absolute atomic E-state index is 11.4. The van der Waals surface area contributed by atoms with E-state index >= 15 is 0 Å². The number of carbonyl (C=O) groups is 1. The van der Waals surface area contributed by atoms with Gasteiger partial charge in [0.2, 0.25) is 5.91 Å². The van der Waals surface area contributed by atoms with Gasteiger partial charge in [0, 0.05) is 44.9 Å². The highest BCUT2D eigenvalue weighted by molar-refractivity contribution is 5.73. The molecule has 2 heterocycles. The molecule has 1 aromatic heterocycles.